The quantitative estimate of drug-likeness (QED) is 0.699. The second-order valence-electron chi connectivity index (χ2n) is 4.03. The monoisotopic (exact) mass is 201 g/mol. The first-order valence-corrected chi connectivity index (χ1v) is 5.39. The summed E-state index contributed by atoms with van der Waals surface area (Å²) in [7, 11) is 0. The highest BCUT2D eigenvalue weighted by atomic mass is 16.5. The molecule has 0 bridgehead atoms. The van der Waals surface area contributed by atoms with Crippen molar-refractivity contribution >= 4 is 0 Å². The lowest BCUT2D eigenvalue weighted by Crippen LogP contribution is -2.22. The van der Waals surface area contributed by atoms with E-state index < -0.39 is 0 Å². The van der Waals surface area contributed by atoms with Gasteiger partial charge < -0.3 is 4.74 Å². The Labute approximate surface area is 90.5 Å². The lowest BCUT2D eigenvalue weighted by molar-refractivity contribution is -0.0105. The largest absolute Gasteiger partial charge is 0.372 e. The van der Waals surface area contributed by atoms with Crippen molar-refractivity contribution in [1.29, 1.82) is 5.26 Å². The molecule has 1 saturated heterocycles. The summed E-state index contributed by atoms with van der Waals surface area (Å²) < 4.78 is 5.73. The van der Waals surface area contributed by atoms with E-state index in [2.05, 4.69) is 25.1 Å². The predicted octanol–water partition coefficient (Wildman–Crippen LogP) is 2.99. The molecule has 0 aliphatic carbocycles. The van der Waals surface area contributed by atoms with Crippen molar-refractivity contribution in [2.24, 2.45) is 5.92 Å². The number of hydrogen-bond acceptors (Lipinski definition) is 2. The van der Waals surface area contributed by atoms with Crippen molar-refractivity contribution < 1.29 is 4.74 Å². The number of benzene rings is 1. The van der Waals surface area contributed by atoms with Gasteiger partial charge in [0.15, 0.2) is 0 Å². The SMILES string of the molecule is Cc1ccccc1C1OCCCC1C#N. The van der Waals surface area contributed by atoms with Crippen molar-refractivity contribution in [3.8, 4) is 6.07 Å². The molecule has 2 unspecified atom stereocenters. The van der Waals surface area contributed by atoms with Gasteiger partial charge in [-0.15, -0.1) is 0 Å². The van der Waals surface area contributed by atoms with Gasteiger partial charge in [-0.05, 0) is 30.9 Å². The van der Waals surface area contributed by atoms with Crippen molar-refractivity contribution in [2.45, 2.75) is 25.9 Å². The molecule has 2 atom stereocenters. The molecule has 0 spiro atoms. The lowest BCUT2D eigenvalue weighted by atomic mass is 9.89. The maximum atomic E-state index is 9.08. The first kappa shape index (κ1) is 10.2. The molecule has 15 heavy (non-hydrogen) atoms. The zero-order chi connectivity index (χ0) is 10.7. The van der Waals surface area contributed by atoms with E-state index in [0.717, 1.165) is 19.4 Å². The Hall–Kier alpha value is -1.33. The van der Waals surface area contributed by atoms with E-state index in [1.54, 1.807) is 0 Å². The van der Waals surface area contributed by atoms with Gasteiger partial charge >= 0.3 is 0 Å². The van der Waals surface area contributed by atoms with Crippen molar-refractivity contribution in [2.75, 3.05) is 6.61 Å². The topological polar surface area (TPSA) is 33.0 Å². The molecule has 2 heteroatoms. The fourth-order valence-corrected chi connectivity index (χ4v) is 2.13. The van der Waals surface area contributed by atoms with E-state index in [9.17, 15) is 0 Å². The van der Waals surface area contributed by atoms with Gasteiger partial charge in [0.25, 0.3) is 0 Å². The summed E-state index contributed by atoms with van der Waals surface area (Å²) >= 11 is 0. The molecule has 0 amide bonds. The molecule has 1 heterocycles. The van der Waals surface area contributed by atoms with E-state index in [1.165, 1.54) is 11.1 Å². The molecular formula is C13H15NO. The van der Waals surface area contributed by atoms with E-state index in [4.69, 9.17) is 10.00 Å². The normalized spacial score (nSPS) is 25.9. The summed E-state index contributed by atoms with van der Waals surface area (Å²) in [4.78, 5) is 0. The highest BCUT2D eigenvalue weighted by Crippen LogP contribution is 2.34. The second kappa shape index (κ2) is 4.46. The van der Waals surface area contributed by atoms with Gasteiger partial charge in [0.1, 0.15) is 0 Å². The highest BCUT2D eigenvalue weighted by molar-refractivity contribution is 5.29. The smallest absolute Gasteiger partial charge is 0.0985 e. The van der Waals surface area contributed by atoms with Gasteiger partial charge in [0.2, 0.25) is 0 Å². The third-order valence-corrected chi connectivity index (χ3v) is 2.98. The van der Waals surface area contributed by atoms with Gasteiger partial charge in [-0.25, -0.2) is 0 Å². The van der Waals surface area contributed by atoms with Crippen LogP contribution >= 0.6 is 0 Å². The first-order valence-electron chi connectivity index (χ1n) is 5.39. The minimum Gasteiger partial charge on any atom is -0.372 e. The van der Waals surface area contributed by atoms with Crippen LogP contribution in [0, 0.1) is 24.2 Å². The van der Waals surface area contributed by atoms with Crippen LogP contribution in [0.25, 0.3) is 0 Å². The fourth-order valence-electron chi connectivity index (χ4n) is 2.13. The van der Waals surface area contributed by atoms with Crippen LogP contribution in [-0.4, -0.2) is 6.61 Å². The zero-order valence-corrected chi connectivity index (χ0v) is 8.94. The number of hydrogen-bond donors (Lipinski definition) is 0. The van der Waals surface area contributed by atoms with E-state index in [-0.39, 0.29) is 12.0 Å². The van der Waals surface area contributed by atoms with Crippen molar-refractivity contribution in [1.82, 2.24) is 0 Å². The summed E-state index contributed by atoms with van der Waals surface area (Å²) in [5, 5.41) is 9.08. The number of rotatable bonds is 1. The summed E-state index contributed by atoms with van der Waals surface area (Å²) in [5.41, 5.74) is 2.38. The molecule has 0 radical (unpaired) electrons. The number of ether oxygens (including phenoxy) is 1. The van der Waals surface area contributed by atoms with Gasteiger partial charge in [-0.3, -0.25) is 0 Å². The van der Waals surface area contributed by atoms with Crippen LogP contribution in [0.3, 0.4) is 0 Å². The van der Waals surface area contributed by atoms with Crippen LogP contribution in [-0.2, 0) is 4.74 Å². The van der Waals surface area contributed by atoms with Gasteiger partial charge in [0.05, 0.1) is 18.1 Å². The minimum atomic E-state index is -0.0232. The molecule has 1 aliphatic heterocycles. The van der Waals surface area contributed by atoms with Crippen molar-refractivity contribution in [3.05, 3.63) is 35.4 Å². The zero-order valence-electron chi connectivity index (χ0n) is 8.94. The molecule has 2 rings (SSSR count). The highest BCUT2D eigenvalue weighted by Gasteiger charge is 2.27. The summed E-state index contributed by atoms with van der Waals surface area (Å²) in [5.74, 6) is 0.0137. The molecule has 0 aromatic heterocycles. The molecule has 78 valence electrons. The van der Waals surface area contributed by atoms with Crippen LogP contribution < -0.4 is 0 Å². The van der Waals surface area contributed by atoms with Crippen LogP contribution in [0.5, 0.6) is 0 Å². The summed E-state index contributed by atoms with van der Waals surface area (Å²) in [6.07, 6.45) is 1.93. The van der Waals surface area contributed by atoms with Gasteiger partial charge in [0, 0.05) is 6.61 Å². The molecule has 1 aromatic carbocycles. The third-order valence-electron chi connectivity index (χ3n) is 2.98. The van der Waals surface area contributed by atoms with E-state index >= 15 is 0 Å². The Morgan fingerprint density at radius 1 is 1.40 bits per heavy atom. The minimum absolute atomic E-state index is 0.0137. The molecule has 1 fully saturated rings. The number of aryl methyl sites for hydroxylation is 1. The van der Waals surface area contributed by atoms with Gasteiger partial charge in [-0.1, -0.05) is 24.3 Å². The standard InChI is InChI=1S/C13H15NO/c1-10-5-2-3-7-12(10)13-11(9-14)6-4-8-15-13/h2-3,5,7,11,13H,4,6,8H2,1H3. The molecule has 0 N–H and O–H groups in total. The average molecular weight is 201 g/mol. The Morgan fingerprint density at radius 2 is 2.20 bits per heavy atom. The maximum absolute atomic E-state index is 9.08. The van der Waals surface area contributed by atoms with E-state index in [1.807, 2.05) is 12.1 Å². The fraction of sp³-hybridized carbons (Fsp3) is 0.462. The van der Waals surface area contributed by atoms with Crippen LogP contribution in [0.4, 0.5) is 0 Å². The first-order chi connectivity index (χ1) is 7.33. The van der Waals surface area contributed by atoms with Crippen LogP contribution in [0.1, 0.15) is 30.1 Å². The Morgan fingerprint density at radius 3 is 2.93 bits per heavy atom. The Bertz CT molecular complexity index is 380. The molecule has 1 aromatic rings. The van der Waals surface area contributed by atoms with Crippen LogP contribution in [0.15, 0.2) is 24.3 Å². The third kappa shape index (κ3) is 2.03. The predicted molar refractivity (Wildman–Crippen MR) is 58.2 cm³/mol. The van der Waals surface area contributed by atoms with E-state index in [0.29, 0.717) is 0 Å². The second-order valence-corrected chi connectivity index (χ2v) is 4.03. The number of nitrogens with zero attached hydrogens (tertiary/aromatic N) is 1. The Balaban J connectivity index is 2.29. The summed E-state index contributed by atoms with van der Waals surface area (Å²) in [6, 6.07) is 10.5. The molecule has 1 aliphatic rings. The Kier molecular flexibility index (Phi) is 3.03. The molecule has 2 nitrogen and oxygen atoms in total. The van der Waals surface area contributed by atoms with Crippen molar-refractivity contribution in [3.63, 3.8) is 0 Å². The average Bonchev–Trinajstić information content (AvgIpc) is 2.30. The maximum Gasteiger partial charge on any atom is 0.0985 e. The van der Waals surface area contributed by atoms with Gasteiger partial charge in [-0.2, -0.15) is 5.26 Å². The molecule has 0 saturated carbocycles. The lowest BCUT2D eigenvalue weighted by Gasteiger charge is -2.28. The molecular weight excluding hydrogens is 186 g/mol. The van der Waals surface area contributed by atoms with Crippen LogP contribution in [0.2, 0.25) is 0 Å². The summed E-state index contributed by atoms with van der Waals surface area (Å²) in [6.45, 7) is 2.85. The number of nitriles is 1.